The number of nitrogens with one attached hydrogen (secondary N) is 1. The summed E-state index contributed by atoms with van der Waals surface area (Å²) in [6.45, 7) is 0. The molecule has 0 unspecified atom stereocenters. The van der Waals surface area contributed by atoms with Gasteiger partial charge in [-0.3, -0.25) is 14.9 Å². The van der Waals surface area contributed by atoms with Gasteiger partial charge in [0.1, 0.15) is 0 Å². The Labute approximate surface area is 158 Å². The van der Waals surface area contributed by atoms with Gasteiger partial charge in [0, 0.05) is 22.1 Å². The van der Waals surface area contributed by atoms with E-state index in [-0.39, 0.29) is 21.4 Å². The van der Waals surface area contributed by atoms with Crippen molar-refractivity contribution in [3.63, 3.8) is 0 Å². The number of hydrogen-bond donors (Lipinski definition) is 1. The number of para-hydroxylation sites is 1. The number of thioether (sulfide) groups is 1. The molecule has 5 rings (SSSR count). The molecule has 2 fully saturated rings. The highest BCUT2D eigenvalue weighted by atomic mass is 32.2. The number of hydrogen-bond acceptors (Lipinski definition) is 5. The van der Waals surface area contributed by atoms with Gasteiger partial charge in [-0.15, -0.1) is 11.8 Å². The van der Waals surface area contributed by atoms with Gasteiger partial charge in [-0.1, -0.05) is 35.6 Å². The summed E-state index contributed by atoms with van der Waals surface area (Å²) in [5.74, 6) is 2.17. The first-order valence-corrected chi connectivity index (χ1v) is 10.6. The minimum absolute atomic E-state index is 0.00101. The molecule has 2 saturated carbocycles. The summed E-state index contributed by atoms with van der Waals surface area (Å²) in [7, 11) is 0. The lowest BCUT2D eigenvalue weighted by Gasteiger charge is -2.38. The summed E-state index contributed by atoms with van der Waals surface area (Å²) in [5, 5.41) is 12.9. The molecule has 134 valence electrons. The van der Waals surface area contributed by atoms with E-state index in [0.29, 0.717) is 22.6 Å². The maximum Gasteiger partial charge on any atom is 0.305 e. The maximum atomic E-state index is 12.0. The zero-order valence-corrected chi connectivity index (χ0v) is 15.6. The topological polar surface area (TPSA) is 76.0 Å². The summed E-state index contributed by atoms with van der Waals surface area (Å²) in [5.41, 5.74) is 0.751. The molecule has 1 aromatic heterocycles. The molecule has 2 aliphatic carbocycles. The molecule has 0 radical (unpaired) electrons. The van der Waals surface area contributed by atoms with Crippen LogP contribution in [0.25, 0.3) is 6.08 Å². The Hall–Kier alpha value is -1.86. The van der Waals surface area contributed by atoms with Gasteiger partial charge in [0.2, 0.25) is 0 Å². The molecule has 2 aromatic rings. The predicted molar refractivity (Wildman–Crippen MR) is 104 cm³/mol. The van der Waals surface area contributed by atoms with Crippen LogP contribution in [-0.4, -0.2) is 15.2 Å². The first-order valence-electron chi connectivity index (χ1n) is 8.93. The number of aromatic amines is 1. The summed E-state index contributed by atoms with van der Waals surface area (Å²) >= 11 is 3.16. The number of nitrogens with zero attached hydrogens (tertiary/aromatic N) is 1. The Morgan fingerprint density at radius 2 is 2.04 bits per heavy atom. The highest BCUT2D eigenvalue weighted by molar-refractivity contribution is 8.00. The number of thiazole rings is 1. The molecule has 7 heteroatoms. The van der Waals surface area contributed by atoms with Crippen LogP contribution in [0.5, 0.6) is 0 Å². The molecule has 2 bridgehead atoms. The molecule has 3 aliphatic rings. The van der Waals surface area contributed by atoms with Gasteiger partial charge in [0.25, 0.3) is 5.69 Å². The lowest BCUT2D eigenvalue weighted by atomic mass is 9.77. The zero-order valence-electron chi connectivity index (χ0n) is 14.0. The summed E-state index contributed by atoms with van der Waals surface area (Å²) < 4.78 is 0. The molecule has 0 saturated heterocycles. The lowest BCUT2D eigenvalue weighted by Crippen LogP contribution is -2.32. The lowest BCUT2D eigenvalue weighted by molar-refractivity contribution is -0.385. The van der Waals surface area contributed by atoms with E-state index >= 15 is 0 Å². The summed E-state index contributed by atoms with van der Waals surface area (Å²) in [4.78, 5) is 27.0. The number of rotatable bonds is 3. The number of fused-ring (bicyclic) bond motifs is 6. The van der Waals surface area contributed by atoms with Crippen LogP contribution in [0, 0.1) is 27.9 Å². The van der Waals surface area contributed by atoms with E-state index in [1.807, 2.05) is 23.9 Å². The van der Waals surface area contributed by atoms with Crippen LogP contribution in [0.15, 0.2) is 40.2 Å². The fourth-order valence-electron chi connectivity index (χ4n) is 5.12. The minimum atomic E-state index is -0.336. The van der Waals surface area contributed by atoms with Gasteiger partial charge < -0.3 is 4.98 Å². The van der Waals surface area contributed by atoms with Crippen LogP contribution in [-0.2, 0) is 0 Å². The fourth-order valence-corrected chi connectivity index (χ4v) is 7.98. The van der Waals surface area contributed by atoms with E-state index in [9.17, 15) is 14.9 Å². The van der Waals surface area contributed by atoms with E-state index in [1.54, 1.807) is 12.1 Å². The first kappa shape index (κ1) is 16.3. The largest absolute Gasteiger partial charge is 0.307 e. The third-order valence-electron chi connectivity index (χ3n) is 6.13. The SMILES string of the molecule is O=c1[nH]c2c(s1)[C@@H](/C=C/c1ccccc1[N+](=O)[O-])[C@@H]1[C@@H]3CC[C@H](C3)[C@@H]1S2. The molecule has 5 nitrogen and oxygen atoms in total. The van der Waals surface area contributed by atoms with Gasteiger partial charge in [-0.25, -0.2) is 0 Å². The Kier molecular flexibility index (Phi) is 3.83. The smallest absolute Gasteiger partial charge is 0.305 e. The molecule has 1 N–H and O–H groups in total. The van der Waals surface area contributed by atoms with Gasteiger partial charge in [-0.2, -0.15) is 0 Å². The number of H-pyrrole nitrogens is 1. The number of aromatic nitrogens is 1. The van der Waals surface area contributed by atoms with Crippen molar-refractivity contribution in [2.45, 2.75) is 35.5 Å². The average Bonchev–Trinajstić information content (AvgIpc) is 3.32. The molecule has 26 heavy (non-hydrogen) atoms. The molecule has 1 aliphatic heterocycles. The average molecular weight is 386 g/mol. The normalized spacial score (nSPS) is 31.9. The monoisotopic (exact) mass is 386 g/mol. The summed E-state index contributed by atoms with van der Waals surface area (Å²) in [6, 6.07) is 6.83. The van der Waals surface area contributed by atoms with Crippen LogP contribution < -0.4 is 4.87 Å². The third-order valence-corrected chi connectivity index (χ3v) is 8.77. The molecule has 0 amide bonds. The van der Waals surface area contributed by atoms with Crippen molar-refractivity contribution in [3.8, 4) is 0 Å². The zero-order chi connectivity index (χ0) is 17.8. The second-order valence-electron chi connectivity index (χ2n) is 7.40. The maximum absolute atomic E-state index is 12.0. The first-order chi connectivity index (χ1) is 12.6. The van der Waals surface area contributed by atoms with E-state index in [0.717, 1.165) is 15.8 Å². The van der Waals surface area contributed by atoms with Crippen molar-refractivity contribution in [1.29, 1.82) is 0 Å². The second kappa shape index (κ2) is 6.09. The van der Waals surface area contributed by atoms with Crippen LogP contribution in [0.3, 0.4) is 0 Å². The van der Waals surface area contributed by atoms with Crippen LogP contribution >= 0.6 is 23.1 Å². The highest BCUT2D eigenvalue weighted by Gasteiger charge is 2.53. The number of nitro groups is 1. The van der Waals surface area contributed by atoms with Crippen molar-refractivity contribution in [2.75, 3.05) is 0 Å². The molecule has 0 spiro atoms. The van der Waals surface area contributed by atoms with Crippen molar-refractivity contribution < 1.29 is 4.92 Å². The van der Waals surface area contributed by atoms with Gasteiger partial charge in [-0.05, 0) is 43.1 Å². The molecular weight excluding hydrogens is 368 g/mol. The minimum Gasteiger partial charge on any atom is -0.307 e. The van der Waals surface area contributed by atoms with E-state index in [4.69, 9.17) is 0 Å². The fraction of sp³-hybridized carbons (Fsp3) is 0.421. The van der Waals surface area contributed by atoms with Gasteiger partial charge >= 0.3 is 4.87 Å². The molecule has 1 aromatic carbocycles. The molecular formula is C19H18N2O3S2. The van der Waals surface area contributed by atoms with E-state index < -0.39 is 0 Å². The van der Waals surface area contributed by atoms with Crippen LogP contribution in [0.4, 0.5) is 5.69 Å². The van der Waals surface area contributed by atoms with Crippen molar-refractivity contribution in [1.82, 2.24) is 4.98 Å². The predicted octanol–water partition coefficient (Wildman–Crippen LogP) is 4.66. The van der Waals surface area contributed by atoms with E-state index in [1.165, 1.54) is 36.7 Å². The Morgan fingerprint density at radius 3 is 2.88 bits per heavy atom. The van der Waals surface area contributed by atoms with Crippen molar-refractivity contribution in [3.05, 3.63) is 60.6 Å². The quantitative estimate of drug-likeness (QED) is 0.615. The van der Waals surface area contributed by atoms with Gasteiger partial charge in [0.05, 0.1) is 15.5 Å². The third kappa shape index (κ3) is 2.48. The van der Waals surface area contributed by atoms with Crippen molar-refractivity contribution >= 4 is 34.9 Å². The van der Waals surface area contributed by atoms with Gasteiger partial charge in [0.15, 0.2) is 0 Å². The second-order valence-corrected chi connectivity index (χ2v) is 9.60. The number of nitro benzene ring substituents is 1. The summed E-state index contributed by atoms with van der Waals surface area (Å²) in [6.07, 6.45) is 7.86. The number of benzene rings is 1. The standard InChI is InChI=1S/C19H18N2O3S2/c22-19-20-18-17(26-19)13(15-11-5-6-12(9-11)16(15)25-18)8-7-10-3-1-2-4-14(10)21(23)24/h1-4,7-8,11-13,15-16H,5-6,9H2,(H,20,22)/b8-7+/t11-,12-,13+,15+,16+/m1/s1. The highest BCUT2D eigenvalue weighted by Crippen LogP contribution is 2.62. The molecule has 5 atom stereocenters. The van der Waals surface area contributed by atoms with Crippen LogP contribution in [0.2, 0.25) is 0 Å². The van der Waals surface area contributed by atoms with E-state index in [2.05, 4.69) is 11.1 Å². The van der Waals surface area contributed by atoms with Crippen molar-refractivity contribution in [2.24, 2.45) is 17.8 Å². The Bertz CT molecular complexity index is 964. The molecule has 2 heterocycles. The van der Waals surface area contributed by atoms with Crippen LogP contribution in [0.1, 0.15) is 35.6 Å². The Balaban J connectivity index is 1.56. The Morgan fingerprint density at radius 1 is 1.23 bits per heavy atom. The number of allylic oxidation sites excluding steroid dienone is 1.